The Kier molecular flexibility index (Phi) is 6.53. The standard InChI is InChI=1S/C22H26N2O4/c1-27-18-10-11-20(28-2)19(14-18)24-15-17(13-21(24)25)22(26)23-12-6-9-16-7-4-3-5-8-16/h3-5,7-8,10-11,14,17H,6,9,12-13,15H2,1-2H3,(H,23,26). The molecule has 1 aliphatic rings. The van der Waals surface area contributed by atoms with Crippen molar-refractivity contribution in [2.45, 2.75) is 19.3 Å². The van der Waals surface area contributed by atoms with Gasteiger partial charge in [-0.3, -0.25) is 9.59 Å². The van der Waals surface area contributed by atoms with Crippen LogP contribution in [0.3, 0.4) is 0 Å². The highest BCUT2D eigenvalue weighted by molar-refractivity contribution is 6.01. The Morgan fingerprint density at radius 1 is 1.14 bits per heavy atom. The summed E-state index contributed by atoms with van der Waals surface area (Å²) in [4.78, 5) is 26.6. The van der Waals surface area contributed by atoms with E-state index in [0.717, 1.165) is 12.8 Å². The SMILES string of the molecule is COc1ccc(OC)c(N2CC(C(=O)NCCCc3ccccc3)CC2=O)c1. The van der Waals surface area contributed by atoms with Crippen molar-refractivity contribution in [2.24, 2.45) is 5.92 Å². The van der Waals surface area contributed by atoms with E-state index >= 15 is 0 Å². The first-order valence-electron chi connectivity index (χ1n) is 9.46. The number of ether oxygens (including phenoxy) is 2. The molecule has 1 saturated heterocycles. The highest BCUT2D eigenvalue weighted by Gasteiger charge is 2.36. The lowest BCUT2D eigenvalue weighted by atomic mass is 10.1. The number of hydrogen-bond acceptors (Lipinski definition) is 4. The second-order valence-electron chi connectivity index (χ2n) is 6.82. The van der Waals surface area contributed by atoms with Crippen LogP contribution in [0.25, 0.3) is 0 Å². The minimum atomic E-state index is -0.361. The fraction of sp³-hybridized carbons (Fsp3) is 0.364. The Bertz CT molecular complexity index is 823. The lowest BCUT2D eigenvalue weighted by Gasteiger charge is -2.20. The van der Waals surface area contributed by atoms with Gasteiger partial charge in [-0.15, -0.1) is 0 Å². The van der Waals surface area contributed by atoms with Gasteiger partial charge in [-0.25, -0.2) is 0 Å². The smallest absolute Gasteiger partial charge is 0.227 e. The Labute approximate surface area is 165 Å². The van der Waals surface area contributed by atoms with Gasteiger partial charge in [0.25, 0.3) is 0 Å². The van der Waals surface area contributed by atoms with Gasteiger partial charge in [0.15, 0.2) is 0 Å². The number of nitrogens with one attached hydrogen (secondary N) is 1. The molecule has 2 aromatic carbocycles. The molecule has 2 amide bonds. The predicted octanol–water partition coefficient (Wildman–Crippen LogP) is 2.81. The summed E-state index contributed by atoms with van der Waals surface area (Å²) in [7, 11) is 3.13. The predicted molar refractivity (Wildman–Crippen MR) is 108 cm³/mol. The van der Waals surface area contributed by atoms with E-state index in [2.05, 4.69) is 17.4 Å². The number of carbonyl (C=O) groups excluding carboxylic acids is 2. The first-order valence-corrected chi connectivity index (χ1v) is 9.46. The average molecular weight is 382 g/mol. The molecular formula is C22H26N2O4. The average Bonchev–Trinajstić information content (AvgIpc) is 3.13. The van der Waals surface area contributed by atoms with Gasteiger partial charge in [-0.1, -0.05) is 30.3 Å². The van der Waals surface area contributed by atoms with E-state index in [-0.39, 0.29) is 24.2 Å². The fourth-order valence-electron chi connectivity index (χ4n) is 3.42. The molecule has 1 unspecified atom stereocenters. The van der Waals surface area contributed by atoms with Crippen molar-refractivity contribution in [3.8, 4) is 11.5 Å². The maximum Gasteiger partial charge on any atom is 0.227 e. The van der Waals surface area contributed by atoms with Gasteiger partial charge in [0.2, 0.25) is 11.8 Å². The van der Waals surface area contributed by atoms with Crippen LogP contribution in [0.2, 0.25) is 0 Å². The van der Waals surface area contributed by atoms with Crippen molar-refractivity contribution < 1.29 is 19.1 Å². The Morgan fingerprint density at radius 2 is 1.93 bits per heavy atom. The molecule has 3 rings (SSSR count). The fourth-order valence-corrected chi connectivity index (χ4v) is 3.42. The molecule has 0 saturated carbocycles. The van der Waals surface area contributed by atoms with Crippen LogP contribution < -0.4 is 19.7 Å². The molecule has 1 atom stereocenters. The van der Waals surface area contributed by atoms with Gasteiger partial charge in [0.1, 0.15) is 11.5 Å². The minimum Gasteiger partial charge on any atom is -0.497 e. The molecule has 0 radical (unpaired) electrons. The van der Waals surface area contributed by atoms with Crippen LogP contribution in [0.4, 0.5) is 5.69 Å². The first-order chi connectivity index (χ1) is 13.6. The van der Waals surface area contributed by atoms with Crippen molar-refractivity contribution in [3.05, 3.63) is 54.1 Å². The molecule has 2 aromatic rings. The van der Waals surface area contributed by atoms with Crippen molar-refractivity contribution in [2.75, 3.05) is 32.2 Å². The normalized spacial score (nSPS) is 16.1. The molecule has 1 fully saturated rings. The summed E-state index contributed by atoms with van der Waals surface area (Å²) >= 11 is 0. The summed E-state index contributed by atoms with van der Waals surface area (Å²) in [5.41, 5.74) is 1.88. The zero-order valence-corrected chi connectivity index (χ0v) is 16.3. The molecule has 0 bridgehead atoms. The molecule has 0 aromatic heterocycles. The number of benzene rings is 2. The molecule has 0 aliphatic carbocycles. The van der Waals surface area contributed by atoms with Gasteiger partial charge in [-0.05, 0) is 30.5 Å². The zero-order valence-electron chi connectivity index (χ0n) is 16.3. The van der Waals surface area contributed by atoms with Crippen molar-refractivity contribution >= 4 is 17.5 Å². The summed E-state index contributed by atoms with van der Waals surface area (Å²) in [6.07, 6.45) is 1.98. The summed E-state index contributed by atoms with van der Waals surface area (Å²) in [5.74, 6) is 0.692. The number of anilines is 1. The van der Waals surface area contributed by atoms with E-state index in [4.69, 9.17) is 9.47 Å². The largest absolute Gasteiger partial charge is 0.497 e. The van der Waals surface area contributed by atoms with Crippen LogP contribution in [0, 0.1) is 5.92 Å². The molecular weight excluding hydrogens is 356 g/mol. The zero-order chi connectivity index (χ0) is 19.9. The molecule has 1 aliphatic heterocycles. The van der Waals surface area contributed by atoms with Crippen LogP contribution in [0.1, 0.15) is 18.4 Å². The number of aryl methyl sites for hydroxylation is 1. The lowest BCUT2D eigenvalue weighted by molar-refractivity contribution is -0.126. The summed E-state index contributed by atoms with van der Waals surface area (Å²) in [5, 5.41) is 2.96. The summed E-state index contributed by atoms with van der Waals surface area (Å²) < 4.78 is 10.6. The molecule has 0 spiro atoms. The molecule has 1 N–H and O–H groups in total. The highest BCUT2D eigenvalue weighted by Crippen LogP contribution is 2.36. The van der Waals surface area contributed by atoms with Crippen LogP contribution in [-0.2, 0) is 16.0 Å². The van der Waals surface area contributed by atoms with E-state index in [1.54, 1.807) is 37.3 Å². The topological polar surface area (TPSA) is 67.9 Å². The van der Waals surface area contributed by atoms with Crippen molar-refractivity contribution in [1.29, 1.82) is 0 Å². The number of carbonyl (C=O) groups is 2. The monoisotopic (exact) mass is 382 g/mol. The number of nitrogens with zero attached hydrogens (tertiary/aromatic N) is 1. The van der Waals surface area contributed by atoms with Gasteiger partial charge in [0.05, 0.1) is 25.8 Å². The third-order valence-electron chi connectivity index (χ3n) is 4.96. The third-order valence-corrected chi connectivity index (χ3v) is 4.96. The first kappa shape index (κ1) is 19.7. The van der Waals surface area contributed by atoms with Gasteiger partial charge >= 0.3 is 0 Å². The second kappa shape index (κ2) is 9.26. The molecule has 148 valence electrons. The number of rotatable bonds is 8. The number of amides is 2. The molecule has 28 heavy (non-hydrogen) atoms. The van der Waals surface area contributed by atoms with Crippen LogP contribution in [-0.4, -0.2) is 39.1 Å². The maximum absolute atomic E-state index is 12.5. The molecule has 1 heterocycles. The Hall–Kier alpha value is -3.02. The minimum absolute atomic E-state index is 0.0780. The molecule has 6 nitrogen and oxygen atoms in total. The Morgan fingerprint density at radius 3 is 2.64 bits per heavy atom. The lowest BCUT2D eigenvalue weighted by Crippen LogP contribution is -2.33. The second-order valence-corrected chi connectivity index (χ2v) is 6.82. The van der Waals surface area contributed by atoms with Crippen LogP contribution in [0.15, 0.2) is 48.5 Å². The van der Waals surface area contributed by atoms with E-state index in [1.165, 1.54) is 5.56 Å². The number of methoxy groups -OCH3 is 2. The van der Waals surface area contributed by atoms with E-state index < -0.39 is 0 Å². The van der Waals surface area contributed by atoms with Crippen molar-refractivity contribution in [3.63, 3.8) is 0 Å². The Balaban J connectivity index is 1.56. The van der Waals surface area contributed by atoms with Gasteiger partial charge < -0.3 is 19.7 Å². The van der Waals surface area contributed by atoms with Crippen LogP contribution >= 0.6 is 0 Å². The van der Waals surface area contributed by atoms with Crippen molar-refractivity contribution in [1.82, 2.24) is 5.32 Å². The quantitative estimate of drug-likeness (QED) is 0.713. The van der Waals surface area contributed by atoms with Gasteiger partial charge in [-0.2, -0.15) is 0 Å². The van der Waals surface area contributed by atoms with E-state index in [0.29, 0.717) is 30.3 Å². The van der Waals surface area contributed by atoms with Crippen LogP contribution in [0.5, 0.6) is 11.5 Å². The third kappa shape index (κ3) is 4.63. The number of hydrogen-bond donors (Lipinski definition) is 1. The molecule has 6 heteroatoms. The maximum atomic E-state index is 12.5. The summed E-state index contributed by atoms with van der Waals surface area (Å²) in [6, 6.07) is 15.5. The van der Waals surface area contributed by atoms with E-state index in [9.17, 15) is 9.59 Å². The highest BCUT2D eigenvalue weighted by atomic mass is 16.5. The summed E-state index contributed by atoms with van der Waals surface area (Å²) in [6.45, 7) is 0.938. The van der Waals surface area contributed by atoms with Gasteiger partial charge in [0, 0.05) is 25.6 Å². The van der Waals surface area contributed by atoms with E-state index in [1.807, 2.05) is 18.2 Å².